The second-order valence-electron chi connectivity index (χ2n) is 7.94. The van der Waals surface area contributed by atoms with Crippen molar-refractivity contribution in [2.45, 2.75) is 38.7 Å². The van der Waals surface area contributed by atoms with Gasteiger partial charge in [-0.1, -0.05) is 6.07 Å². The van der Waals surface area contributed by atoms with Gasteiger partial charge in [-0.3, -0.25) is 4.79 Å². The average Bonchev–Trinajstić information content (AvgIpc) is 3.09. The van der Waals surface area contributed by atoms with Crippen molar-refractivity contribution in [1.82, 2.24) is 0 Å². The SMILES string of the molecule is COc1ccc(-c2ccc3c(c2)COC3=O)c(OCC(C)(C)OC(=O)CC(F)(F)F)c1OC. The molecule has 3 rings (SSSR count). The van der Waals surface area contributed by atoms with Crippen molar-refractivity contribution in [3.8, 4) is 28.4 Å². The zero-order valence-electron chi connectivity index (χ0n) is 18.5. The van der Waals surface area contributed by atoms with Crippen molar-refractivity contribution in [2.24, 2.45) is 0 Å². The number of hydrogen-bond acceptors (Lipinski definition) is 7. The van der Waals surface area contributed by atoms with Crippen LogP contribution in [-0.4, -0.2) is 44.5 Å². The van der Waals surface area contributed by atoms with Crippen molar-refractivity contribution >= 4 is 11.9 Å². The van der Waals surface area contributed by atoms with Gasteiger partial charge in [0.2, 0.25) is 5.75 Å². The van der Waals surface area contributed by atoms with E-state index in [4.69, 9.17) is 23.7 Å². The zero-order valence-corrected chi connectivity index (χ0v) is 18.5. The number of carbonyl (C=O) groups is 2. The molecule has 0 spiro atoms. The van der Waals surface area contributed by atoms with Crippen LogP contribution in [0.25, 0.3) is 11.1 Å². The number of rotatable bonds is 8. The Morgan fingerprint density at radius 1 is 1.03 bits per heavy atom. The molecule has 178 valence electrons. The summed E-state index contributed by atoms with van der Waals surface area (Å²) >= 11 is 0. The Morgan fingerprint density at radius 3 is 2.36 bits per heavy atom. The van der Waals surface area contributed by atoms with E-state index in [9.17, 15) is 22.8 Å². The summed E-state index contributed by atoms with van der Waals surface area (Å²) in [5.74, 6) is -0.954. The minimum absolute atomic E-state index is 0.147. The van der Waals surface area contributed by atoms with Crippen LogP contribution in [0.1, 0.15) is 36.2 Å². The highest BCUT2D eigenvalue weighted by Crippen LogP contribution is 2.45. The Balaban J connectivity index is 1.92. The standard InChI is InChI=1S/C23H23F3O7/c1-22(2,33-18(27)10-23(24,25)26)12-32-19-15(7-8-17(29-3)20(19)30-4)13-5-6-16-14(9-13)11-31-21(16)28/h5-9H,10-12H2,1-4H3. The van der Waals surface area contributed by atoms with E-state index in [1.165, 1.54) is 28.1 Å². The normalized spacial score (nSPS) is 13.2. The van der Waals surface area contributed by atoms with Crippen LogP contribution in [-0.2, 0) is 20.9 Å². The van der Waals surface area contributed by atoms with Crippen LogP contribution in [0, 0.1) is 0 Å². The molecule has 0 aromatic heterocycles. The van der Waals surface area contributed by atoms with Gasteiger partial charge in [0.05, 0.1) is 19.8 Å². The number of ether oxygens (including phenoxy) is 5. The number of hydrogen-bond donors (Lipinski definition) is 0. The van der Waals surface area contributed by atoms with Gasteiger partial charge in [-0.05, 0) is 43.7 Å². The third kappa shape index (κ3) is 5.68. The number of alkyl halides is 3. The number of methoxy groups -OCH3 is 2. The molecule has 0 atom stereocenters. The lowest BCUT2D eigenvalue weighted by atomic mass is 9.99. The van der Waals surface area contributed by atoms with Crippen molar-refractivity contribution in [1.29, 1.82) is 0 Å². The first-order chi connectivity index (χ1) is 15.4. The number of cyclic esters (lactones) is 1. The number of esters is 2. The van der Waals surface area contributed by atoms with Crippen molar-refractivity contribution in [3.63, 3.8) is 0 Å². The van der Waals surface area contributed by atoms with Gasteiger partial charge in [0.1, 0.15) is 25.2 Å². The third-order valence-electron chi connectivity index (χ3n) is 4.79. The lowest BCUT2D eigenvalue weighted by Crippen LogP contribution is -2.36. The predicted octanol–water partition coefficient (Wildman–Crippen LogP) is 4.69. The van der Waals surface area contributed by atoms with Gasteiger partial charge in [0.15, 0.2) is 11.5 Å². The van der Waals surface area contributed by atoms with Gasteiger partial charge in [-0.25, -0.2) is 4.79 Å². The summed E-state index contributed by atoms with van der Waals surface area (Å²) in [5, 5.41) is 0. The monoisotopic (exact) mass is 468 g/mol. The largest absolute Gasteiger partial charge is 0.493 e. The summed E-state index contributed by atoms with van der Waals surface area (Å²) in [6, 6.07) is 8.53. The summed E-state index contributed by atoms with van der Waals surface area (Å²) in [7, 11) is 2.86. The molecular weight excluding hydrogens is 445 g/mol. The van der Waals surface area contributed by atoms with Crippen molar-refractivity contribution in [3.05, 3.63) is 41.5 Å². The third-order valence-corrected chi connectivity index (χ3v) is 4.79. The summed E-state index contributed by atoms with van der Waals surface area (Å²) in [5.41, 5.74) is 1.08. The summed E-state index contributed by atoms with van der Waals surface area (Å²) in [6.07, 6.45) is -6.37. The molecular formula is C23H23F3O7. The van der Waals surface area contributed by atoms with E-state index in [0.29, 0.717) is 28.0 Å². The maximum absolute atomic E-state index is 12.5. The predicted molar refractivity (Wildman–Crippen MR) is 110 cm³/mol. The molecule has 1 aliphatic heterocycles. The summed E-state index contributed by atoms with van der Waals surface area (Å²) < 4.78 is 64.2. The van der Waals surface area contributed by atoms with Gasteiger partial charge >= 0.3 is 18.1 Å². The van der Waals surface area contributed by atoms with E-state index in [0.717, 1.165) is 0 Å². The topological polar surface area (TPSA) is 80.3 Å². The van der Waals surface area contributed by atoms with Crippen LogP contribution < -0.4 is 14.2 Å². The van der Waals surface area contributed by atoms with Gasteiger partial charge < -0.3 is 23.7 Å². The Kier molecular flexibility index (Phi) is 6.76. The molecule has 0 aliphatic carbocycles. The minimum atomic E-state index is -4.67. The lowest BCUT2D eigenvalue weighted by Gasteiger charge is -2.27. The van der Waals surface area contributed by atoms with Crippen molar-refractivity contribution in [2.75, 3.05) is 20.8 Å². The first kappa shape index (κ1) is 24.2. The van der Waals surface area contributed by atoms with E-state index in [1.807, 2.05) is 0 Å². The Hall–Kier alpha value is -3.43. The van der Waals surface area contributed by atoms with E-state index in [2.05, 4.69) is 0 Å². The molecule has 0 unspecified atom stereocenters. The fourth-order valence-electron chi connectivity index (χ4n) is 3.35. The van der Waals surface area contributed by atoms with Gasteiger partial charge in [0, 0.05) is 11.1 Å². The highest BCUT2D eigenvalue weighted by atomic mass is 19.4. The molecule has 0 amide bonds. The van der Waals surface area contributed by atoms with Gasteiger partial charge in [-0.15, -0.1) is 0 Å². The molecule has 0 saturated heterocycles. The lowest BCUT2D eigenvalue weighted by molar-refractivity contribution is -0.182. The summed E-state index contributed by atoms with van der Waals surface area (Å²) in [6.45, 7) is 2.76. The van der Waals surface area contributed by atoms with Crippen LogP contribution in [0.4, 0.5) is 13.2 Å². The molecule has 0 saturated carbocycles. The number of carbonyl (C=O) groups excluding carboxylic acids is 2. The summed E-state index contributed by atoms with van der Waals surface area (Å²) in [4.78, 5) is 23.4. The van der Waals surface area contributed by atoms with Crippen LogP contribution >= 0.6 is 0 Å². The second kappa shape index (κ2) is 9.21. The van der Waals surface area contributed by atoms with Crippen LogP contribution in [0.3, 0.4) is 0 Å². The average molecular weight is 468 g/mol. The van der Waals surface area contributed by atoms with E-state index < -0.39 is 30.1 Å². The van der Waals surface area contributed by atoms with E-state index in [1.54, 1.807) is 30.3 Å². The Labute approximate surface area is 188 Å². The first-order valence-corrected chi connectivity index (χ1v) is 9.91. The van der Waals surface area contributed by atoms with Crippen molar-refractivity contribution < 1.29 is 46.4 Å². The quantitative estimate of drug-likeness (QED) is 0.520. The fourth-order valence-corrected chi connectivity index (χ4v) is 3.35. The van der Waals surface area contributed by atoms with Gasteiger partial charge in [0.25, 0.3) is 0 Å². The molecule has 10 heteroatoms. The minimum Gasteiger partial charge on any atom is -0.493 e. The van der Waals surface area contributed by atoms with Crippen LogP contribution in [0.5, 0.6) is 17.2 Å². The molecule has 33 heavy (non-hydrogen) atoms. The number of halogens is 3. The molecule has 7 nitrogen and oxygen atoms in total. The molecule has 2 aromatic rings. The molecule has 1 aliphatic rings. The van der Waals surface area contributed by atoms with E-state index >= 15 is 0 Å². The molecule has 0 bridgehead atoms. The smallest absolute Gasteiger partial charge is 0.399 e. The maximum atomic E-state index is 12.5. The molecule has 1 heterocycles. The second-order valence-corrected chi connectivity index (χ2v) is 7.94. The molecule has 2 aromatic carbocycles. The van der Waals surface area contributed by atoms with E-state index in [-0.39, 0.29) is 24.7 Å². The number of fused-ring (bicyclic) bond motifs is 1. The Bertz CT molecular complexity index is 1060. The highest BCUT2D eigenvalue weighted by molar-refractivity contribution is 5.94. The maximum Gasteiger partial charge on any atom is 0.399 e. The zero-order chi connectivity index (χ0) is 24.4. The fraction of sp³-hybridized carbons (Fsp3) is 0.391. The molecule has 0 N–H and O–H groups in total. The molecule has 0 radical (unpaired) electrons. The van der Waals surface area contributed by atoms with Gasteiger partial charge in [-0.2, -0.15) is 13.2 Å². The first-order valence-electron chi connectivity index (χ1n) is 9.91. The Morgan fingerprint density at radius 2 is 1.73 bits per heavy atom. The number of benzene rings is 2. The van der Waals surface area contributed by atoms with Crippen LogP contribution in [0.15, 0.2) is 30.3 Å². The highest BCUT2D eigenvalue weighted by Gasteiger charge is 2.35. The van der Waals surface area contributed by atoms with Crippen LogP contribution in [0.2, 0.25) is 0 Å². The molecule has 0 fully saturated rings.